The van der Waals surface area contributed by atoms with Gasteiger partial charge in [-0.15, -0.1) is 0 Å². The second-order valence-electron chi connectivity index (χ2n) is 5.75. The summed E-state index contributed by atoms with van der Waals surface area (Å²) in [6, 6.07) is 18.4. The van der Waals surface area contributed by atoms with Crippen LogP contribution in [0.1, 0.15) is 17.0 Å². The van der Waals surface area contributed by atoms with E-state index in [1.54, 1.807) is 0 Å². The van der Waals surface area contributed by atoms with Crippen molar-refractivity contribution in [2.75, 3.05) is 6.61 Å². The van der Waals surface area contributed by atoms with Crippen molar-refractivity contribution in [1.29, 1.82) is 0 Å². The maximum Gasteiger partial charge on any atom is 0.455 e. The summed E-state index contributed by atoms with van der Waals surface area (Å²) >= 11 is 0. The quantitative estimate of drug-likeness (QED) is 0.563. The van der Waals surface area contributed by atoms with Gasteiger partial charge >= 0.3 is 6.09 Å². The van der Waals surface area contributed by atoms with Gasteiger partial charge in [0.25, 0.3) is 0 Å². The lowest BCUT2D eigenvalue weighted by Gasteiger charge is -2.13. The standard InChI is InChI=1S/C19H15NO5/c21-17-9-10-18(22)20(17)19(23)25-24-11-16-14-7-3-1-5-12(14)13-6-2-4-8-15(13)16/h1-10,16,21-22H,11H2. The molecular weight excluding hydrogens is 322 g/mol. The van der Waals surface area contributed by atoms with Gasteiger partial charge in [-0.2, -0.15) is 9.45 Å². The normalized spacial score (nSPS) is 12.6. The van der Waals surface area contributed by atoms with E-state index in [1.807, 2.05) is 36.4 Å². The van der Waals surface area contributed by atoms with Gasteiger partial charge in [-0.3, -0.25) is 4.89 Å². The second-order valence-corrected chi connectivity index (χ2v) is 5.75. The molecule has 0 unspecified atom stereocenters. The Labute approximate surface area is 143 Å². The average Bonchev–Trinajstić information content (AvgIpc) is 3.13. The second kappa shape index (κ2) is 5.99. The van der Waals surface area contributed by atoms with Gasteiger partial charge in [0.05, 0.1) is 0 Å². The zero-order valence-electron chi connectivity index (χ0n) is 13.1. The van der Waals surface area contributed by atoms with E-state index in [0.717, 1.165) is 22.3 Å². The highest BCUT2D eigenvalue weighted by atomic mass is 17.2. The smallest absolute Gasteiger partial charge is 0.455 e. The van der Waals surface area contributed by atoms with Gasteiger partial charge in [-0.1, -0.05) is 48.5 Å². The third-order valence-corrected chi connectivity index (χ3v) is 4.35. The molecule has 1 aliphatic carbocycles. The Bertz CT molecular complexity index is 881. The van der Waals surface area contributed by atoms with Gasteiger partial charge in [0, 0.05) is 18.1 Å². The Balaban J connectivity index is 1.51. The van der Waals surface area contributed by atoms with Gasteiger partial charge in [0.15, 0.2) is 0 Å². The Hall–Kier alpha value is -3.25. The summed E-state index contributed by atoms with van der Waals surface area (Å²) in [5.41, 5.74) is 4.48. The van der Waals surface area contributed by atoms with E-state index in [4.69, 9.17) is 9.78 Å². The Kier molecular flexibility index (Phi) is 3.66. The number of nitrogens with zero attached hydrogens (tertiary/aromatic N) is 1. The van der Waals surface area contributed by atoms with Crippen molar-refractivity contribution >= 4 is 6.09 Å². The molecule has 0 bridgehead atoms. The molecule has 126 valence electrons. The molecule has 0 saturated carbocycles. The molecule has 25 heavy (non-hydrogen) atoms. The van der Waals surface area contributed by atoms with E-state index in [0.29, 0.717) is 4.57 Å². The van der Waals surface area contributed by atoms with Crippen LogP contribution in [0.25, 0.3) is 11.1 Å². The average molecular weight is 337 g/mol. The Morgan fingerprint density at radius 2 is 1.40 bits per heavy atom. The van der Waals surface area contributed by atoms with Crippen molar-refractivity contribution in [3.63, 3.8) is 0 Å². The van der Waals surface area contributed by atoms with E-state index in [9.17, 15) is 15.0 Å². The number of benzene rings is 2. The van der Waals surface area contributed by atoms with E-state index >= 15 is 0 Å². The monoisotopic (exact) mass is 337 g/mol. The van der Waals surface area contributed by atoms with Gasteiger partial charge < -0.3 is 10.2 Å². The fraction of sp³-hybridized carbons (Fsp3) is 0.105. The topological polar surface area (TPSA) is 80.9 Å². The fourth-order valence-corrected chi connectivity index (χ4v) is 3.23. The Morgan fingerprint density at radius 1 is 0.880 bits per heavy atom. The van der Waals surface area contributed by atoms with Crippen molar-refractivity contribution in [2.45, 2.75) is 5.92 Å². The molecule has 1 aliphatic rings. The predicted molar refractivity (Wildman–Crippen MR) is 89.3 cm³/mol. The molecule has 0 spiro atoms. The molecular formula is C19H15NO5. The van der Waals surface area contributed by atoms with Crippen LogP contribution in [-0.4, -0.2) is 27.5 Å². The first-order valence-electron chi connectivity index (χ1n) is 7.78. The van der Waals surface area contributed by atoms with Crippen LogP contribution >= 0.6 is 0 Å². The van der Waals surface area contributed by atoms with Crippen molar-refractivity contribution < 1.29 is 24.8 Å². The van der Waals surface area contributed by atoms with Crippen LogP contribution in [0.2, 0.25) is 0 Å². The zero-order valence-corrected chi connectivity index (χ0v) is 13.1. The lowest BCUT2D eigenvalue weighted by atomic mass is 9.98. The van der Waals surface area contributed by atoms with Gasteiger partial charge in [-0.25, -0.2) is 4.79 Å². The van der Waals surface area contributed by atoms with Crippen LogP contribution < -0.4 is 0 Å². The summed E-state index contributed by atoms with van der Waals surface area (Å²) in [5, 5.41) is 19.0. The number of hydrogen-bond donors (Lipinski definition) is 2. The number of carbonyl (C=O) groups is 1. The minimum atomic E-state index is -1.01. The van der Waals surface area contributed by atoms with Gasteiger partial charge in [-0.05, 0) is 22.3 Å². The minimum Gasteiger partial charge on any atom is -0.494 e. The number of carbonyl (C=O) groups excluding carboxylic acids is 1. The van der Waals surface area contributed by atoms with Crippen LogP contribution in [0, 0.1) is 0 Å². The van der Waals surface area contributed by atoms with Crippen LogP contribution in [0.15, 0.2) is 60.7 Å². The molecule has 2 aromatic carbocycles. The lowest BCUT2D eigenvalue weighted by molar-refractivity contribution is -0.240. The van der Waals surface area contributed by atoms with Crippen molar-refractivity contribution in [2.24, 2.45) is 0 Å². The van der Waals surface area contributed by atoms with Crippen LogP contribution in [-0.2, 0) is 9.78 Å². The number of aromatic hydroxyl groups is 2. The number of fused-ring (bicyclic) bond motifs is 3. The third-order valence-electron chi connectivity index (χ3n) is 4.35. The summed E-state index contributed by atoms with van der Waals surface area (Å²) < 4.78 is 0.608. The summed E-state index contributed by atoms with van der Waals surface area (Å²) in [6.45, 7) is 0.128. The third kappa shape index (κ3) is 2.53. The van der Waals surface area contributed by atoms with Crippen molar-refractivity contribution in [3.05, 3.63) is 71.8 Å². The molecule has 0 radical (unpaired) electrons. The number of rotatable bonds is 3. The lowest BCUT2D eigenvalue weighted by Crippen LogP contribution is -2.16. The first-order valence-corrected chi connectivity index (χ1v) is 7.78. The van der Waals surface area contributed by atoms with Gasteiger partial charge in [0.2, 0.25) is 11.8 Å². The molecule has 4 rings (SSSR count). The summed E-state index contributed by atoms with van der Waals surface area (Å²) in [6.07, 6.45) is -1.01. The van der Waals surface area contributed by atoms with Crippen LogP contribution in [0.5, 0.6) is 11.8 Å². The fourth-order valence-electron chi connectivity index (χ4n) is 3.23. The molecule has 1 heterocycles. The SMILES string of the molecule is O=C(OOCC1c2ccccc2-c2ccccc21)n1c(O)ccc1O. The maximum absolute atomic E-state index is 11.9. The Morgan fingerprint density at radius 3 is 1.96 bits per heavy atom. The highest BCUT2D eigenvalue weighted by Gasteiger charge is 2.29. The first-order chi connectivity index (χ1) is 12.2. The van der Waals surface area contributed by atoms with Crippen LogP contribution in [0.4, 0.5) is 4.79 Å². The van der Waals surface area contributed by atoms with Crippen LogP contribution in [0.3, 0.4) is 0 Å². The maximum atomic E-state index is 11.9. The summed E-state index contributed by atoms with van der Waals surface area (Å²) in [4.78, 5) is 21.8. The first kappa shape index (κ1) is 15.3. The minimum absolute atomic E-state index is 0.0629. The summed E-state index contributed by atoms with van der Waals surface area (Å²) in [7, 11) is 0. The highest BCUT2D eigenvalue weighted by molar-refractivity contribution is 5.78. The molecule has 0 atom stereocenters. The molecule has 1 aromatic heterocycles. The predicted octanol–water partition coefficient (Wildman–Crippen LogP) is 3.63. The van der Waals surface area contributed by atoms with Crippen molar-refractivity contribution in [3.8, 4) is 22.9 Å². The summed E-state index contributed by atoms with van der Waals surface area (Å²) in [5.74, 6) is -0.919. The largest absolute Gasteiger partial charge is 0.494 e. The molecule has 0 amide bonds. The number of hydrogen-bond acceptors (Lipinski definition) is 5. The van der Waals surface area contributed by atoms with E-state index in [-0.39, 0.29) is 12.5 Å². The number of aromatic nitrogens is 1. The van der Waals surface area contributed by atoms with E-state index in [2.05, 4.69) is 12.1 Å². The van der Waals surface area contributed by atoms with E-state index < -0.39 is 17.9 Å². The highest BCUT2D eigenvalue weighted by Crippen LogP contribution is 2.44. The molecule has 0 fully saturated rings. The molecule has 0 aliphatic heterocycles. The van der Waals surface area contributed by atoms with Gasteiger partial charge in [0.1, 0.15) is 6.61 Å². The van der Waals surface area contributed by atoms with Crippen molar-refractivity contribution in [1.82, 2.24) is 4.57 Å². The molecule has 6 nitrogen and oxygen atoms in total. The molecule has 3 aromatic rings. The molecule has 6 heteroatoms. The van der Waals surface area contributed by atoms with E-state index in [1.165, 1.54) is 12.1 Å². The molecule has 0 saturated heterocycles. The molecule has 2 N–H and O–H groups in total. The zero-order chi connectivity index (χ0) is 17.4.